The third-order valence-corrected chi connectivity index (χ3v) is 3.50. The minimum absolute atomic E-state index is 0.292. The van der Waals surface area contributed by atoms with Crippen molar-refractivity contribution in [1.29, 1.82) is 0 Å². The first-order valence-corrected chi connectivity index (χ1v) is 6.66. The molecule has 0 saturated carbocycles. The second-order valence-electron chi connectivity index (χ2n) is 3.72. The quantitative estimate of drug-likeness (QED) is 0.823. The van der Waals surface area contributed by atoms with Crippen molar-refractivity contribution in [3.63, 3.8) is 0 Å². The van der Waals surface area contributed by atoms with Crippen molar-refractivity contribution in [1.82, 2.24) is 10.2 Å². The summed E-state index contributed by atoms with van der Waals surface area (Å²) in [6.07, 6.45) is 0. The zero-order valence-electron chi connectivity index (χ0n) is 9.39. The Morgan fingerprint density at radius 3 is 2.41 bits per heavy atom. The monoisotopic (exact) mass is 250 g/mol. The molecule has 1 saturated heterocycles. The molecule has 0 aliphatic carbocycles. The molecule has 17 heavy (non-hydrogen) atoms. The van der Waals surface area contributed by atoms with Crippen LogP contribution in [0.3, 0.4) is 0 Å². The Hall–Kier alpha value is -1.49. The van der Waals surface area contributed by atoms with Crippen molar-refractivity contribution in [2.24, 2.45) is 0 Å². The maximum Gasteiger partial charge on any atom is 0.324 e. The molecule has 4 nitrogen and oxygen atoms in total. The van der Waals surface area contributed by atoms with Gasteiger partial charge in [-0.1, -0.05) is 18.2 Å². The van der Waals surface area contributed by atoms with Crippen LogP contribution in [0.2, 0.25) is 0 Å². The lowest BCUT2D eigenvalue weighted by Crippen LogP contribution is -2.46. The SMILES string of the molecule is O=C(NC(=O)N1CCSCC1)c1ccccc1. The standard InChI is InChI=1S/C12H14N2O2S/c15-11(10-4-2-1-3-5-10)13-12(16)14-6-8-17-9-7-14/h1-5H,6-9H2,(H,13,15,16). The van der Waals surface area contributed by atoms with Gasteiger partial charge in [0.1, 0.15) is 0 Å². The van der Waals surface area contributed by atoms with Gasteiger partial charge < -0.3 is 4.90 Å². The van der Waals surface area contributed by atoms with E-state index in [1.54, 1.807) is 29.2 Å². The number of thioether (sulfide) groups is 1. The van der Waals surface area contributed by atoms with Crippen LogP contribution in [0.15, 0.2) is 30.3 Å². The second kappa shape index (κ2) is 5.72. The molecular formula is C12H14N2O2S. The maximum atomic E-state index is 11.8. The molecule has 0 atom stereocenters. The summed E-state index contributed by atoms with van der Waals surface area (Å²) in [6, 6.07) is 8.47. The zero-order chi connectivity index (χ0) is 12.1. The Bertz CT molecular complexity index is 402. The van der Waals surface area contributed by atoms with Gasteiger partial charge in [-0.25, -0.2) is 4.79 Å². The number of hydrogen-bond acceptors (Lipinski definition) is 3. The molecule has 0 spiro atoms. The number of carbonyl (C=O) groups is 2. The van der Waals surface area contributed by atoms with Crippen molar-refractivity contribution in [2.75, 3.05) is 24.6 Å². The average Bonchev–Trinajstić information content (AvgIpc) is 2.40. The van der Waals surface area contributed by atoms with Gasteiger partial charge in [0.25, 0.3) is 5.91 Å². The van der Waals surface area contributed by atoms with Gasteiger partial charge in [-0.05, 0) is 12.1 Å². The van der Waals surface area contributed by atoms with Crippen LogP contribution in [0.4, 0.5) is 4.79 Å². The normalized spacial score (nSPS) is 15.4. The van der Waals surface area contributed by atoms with E-state index in [1.165, 1.54) is 0 Å². The summed E-state index contributed by atoms with van der Waals surface area (Å²) in [5.41, 5.74) is 0.507. The van der Waals surface area contributed by atoms with Crippen LogP contribution < -0.4 is 5.32 Å². The minimum atomic E-state index is -0.339. The van der Waals surface area contributed by atoms with Crippen LogP contribution in [-0.4, -0.2) is 41.4 Å². The van der Waals surface area contributed by atoms with Gasteiger partial charge in [-0.3, -0.25) is 10.1 Å². The molecule has 1 aliphatic rings. The fourth-order valence-corrected chi connectivity index (χ4v) is 2.51. The van der Waals surface area contributed by atoms with E-state index in [0.717, 1.165) is 11.5 Å². The van der Waals surface area contributed by atoms with Crippen LogP contribution in [-0.2, 0) is 0 Å². The summed E-state index contributed by atoms with van der Waals surface area (Å²) in [6.45, 7) is 1.41. The van der Waals surface area contributed by atoms with Crippen molar-refractivity contribution in [3.05, 3.63) is 35.9 Å². The number of rotatable bonds is 1. The number of imide groups is 1. The largest absolute Gasteiger partial charge is 0.324 e. The van der Waals surface area contributed by atoms with E-state index in [4.69, 9.17) is 0 Å². The van der Waals surface area contributed by atoms with Crippen LogP contribution >= 0.6 is 11.8 Å². The Kier molecular flexibility index (Phi) is 4.03. The molecule has 1 aliphatic heterocycles. The van der Waals surface area contributed by atoms with Gasteiger partial charge in [0.2, 0.25) is 0 Å². The first-order valence-electron chi connectivity index (χ1n) is 5.50. The van der Waals surface area contributed by atoms with Gasteiger partial charge in [0.15, 0.2) is 0 Å². The number of nitrogens with zero attached hydrogens (tertiary/aromatic N) is 1. The van der Waals surface area contributed by atoms with E-state index >= 15 is 0 Å². The molecule has 0 radical (unpaired) electrons. The third-order valence-electron chi connectivity index (χ3n) is 2.55. The highest BCUT2D eigenvalue weighted by Gasteiger charge is 2.18. The zero-order valence-corrected chi connectivity index (χ0v) is 10.2. The fraction of sp³-hybridized carbons (Fsp3) is 0.333. The van der Waals surface area contributed by atoms with Crippen molar-refractivity contribution in [2.45, 2.75) is 0 Å². The highest BCUT2D eigenvalue weighted by molar-refractivity contribution is 7.99. The topological polar surface area (TPSA) is 49.4 Å². The molecule has 90 valence electrons. The summed E-state index contributed by atoms with van der Waals surface area (Å²) < 4.78 is 0. The molecule has 0 bridgehead atoms. The van der Waals surface area contributed by atoms with Gasteiger partial charge in [0.05, 0.1) is 0 Å². The van der Waals surface area contributed by atoms with Crippen molar-refractivity contribution in [3.8, 4) is 0 Å². The lowest BCUT2D eigenvalue weighted by Gasteiger charge is -2.26. The highest BCUT2D eigenvalue weighted by Crippen LogP contribution is 2.09. The molecule has 5 heteroatoms. The van der Waals surface area contributed by atoms with Crippen LogP contribution in [0.5, 0.6) is 0 Å². The molecule has 1 N–H and O–H groups in total. The summed E-state index contributed by atoms with van der Waals surface area (Å²) >= 11 is 1.82. The van der Waals surface area contributed by atoms with Crippen LogP contribution in [0.1, 0.15) is 10.4 Å². The molecule has 0 aromatic heterocycles. The van der Waals surface area contributed by atoms with E-state index < -0.39 is 0 Å². The van der Waals surface area contributed by atoms with E-state index in [0.29, 0.717) is 18.7 Å². The van der Waals surface area contributed by atoms with Gasteiger partial charge in [0, 0.05) is 30.2 Å². The van der Waals surface area contributed by atoms with Crippen molar-refractivity contribution < 1.29 is 9.59 Å². The number of urea groups is 1. The average molecular weight is 250 g/mol. The van der Waals surface area contributed by atoms with Crippen LogP contribution in [0.25, 0.3) is 0 Å². The smallest absolute Gasteiger partial charge is 0.323 e. The molecule has 1 heterocycles. The van der Waals surface area contributed by atoms with Gasteiger partial charge in [-0.2, -0.15) is 11.8 Å². The first kappa shape index (κ1) is 12.0. The Morgan fingerprint density at radius 1 is 1.12 bits per heavy atom. The summed E-state index contributed by atoms with van der Waals surface area (Å²) in [7, 11) is 0. The van der Waals surface area contributed by atoms with E-state index in [9.17, 15) is 9.59 Å². The molecule has 2 rings (SSSR count). The van der Waals surface area contributed by atoms with E-state index in [1.807, 2.05) is 17.8 Å². The van der Waals surface area contributed by atoms with Gasteiger partial charge >= 0.3 is 6.03 Å². The minimum Gasteiger partial charge on any atom is -0.323 e. The number of hydrogen-bond donors (Lipinski definition) is 1. The van der Waals surface area contributed by atoms with E-state index in [2.05, 4.69) is 5.32 Å². The van der Waals surface area contributed by atoms with E-state index in [-0.39, 0.29) is 11.9 Å². The molecule has 0 unspecified atom stereocenters. The lowest BCUT2D eigenvalue weighted by molar-refractivity contribution is 0.0953. The summed E-state index contributed by atoms with van der Waals surface area (Å²) in [4.78, 5) is 25.2. The molecule has 1 aromatic carbocycles. The van der Waals surface area contributed by atoms with Gasteiger partial charge in [-0.15, -0.1) is 0 Å². The predicted molar refractivity (Wildman–Crippen MR) is 68.2 cm³/mol. The molecule has 1 fully saturated rings. The molecule has 1 aromatic rings. The summed E-state index contributed by atoms with van der Waals surface area (Å²) in [5.74, 6) is 1.54. The lowest BCUT2D eigenvalue weighted by atomic mass is 10.2. The van der Waals surface area contributed by atoms with Crippen LogP contribution in [0, 0.1) is 0 Å². The maximum absolute atomic E-state index is 11.8. The number of benzene rings is 1. The highest BCUT2D eigenvalue weighted by atomic mass is 32.2. The fourth-order valence-electron chi connectivity index (χ4n) is 1.60. The number of nitrogens with one attached hydrogen (secondary N) is 1. The number of amides is 3. The molecule has 3 amide bonds. The van der Waals surface area contributed by atoms with Crippen molar-refractivity contribution >= 4 is 23.7 Å². The third kappa shape index (κ3) is 3.23. The Morgan fingerprint density at radius 2 is 1.76 bits per heavy atom. The summed E-state index contributed by atoms with van der Waals surface area (Å²) in [5, 5.41) is 2.40. The second-order valence-corrected chi connectivity index (χ2v) is 4.95. The first-order chi connectivity index (χ1) is 8.27. The Balaban J connectivity index is 1.92. The predicted octanol–water partition coefficient (Wildman–Crippen LogP) is 1.59. The Labute approximate surface area is 104 Å². The molecular weight excluding hydrogens is 236 g/mol. The number of carbonyl (C=O) groups excluding carboxylic acids is 2.